The standard InChI is InChI=1S/C12H11BrFN3O2/c1-17-11(19-2)6-10(16-17)15-12(18)8-5-7(14)3-4-9(8)13/h3-6H,1-2H3,(H,15,16,18). The molecule has 1 amide bonds. The van der Waals surface area contributed by atoms with Gasteiger partial charge in [-0.25, -0.2) is 9.07 Å². The molecule has 100 valence electrons. The van der Waals surface area contributed by atoms with E-state index in [0.717, 1.165) is 6.07 Å². The topological polar surface area (TPSA) is 56.1 Å². The summed E-state index contributed by atoms with van der Waals surface area (Å²) in [4.78, 5) is 12.0. The minimum atomic E-state index is -0.480. The Hall–Kier alpha value is -1.89. The van der Waals surface area contributed by atoms with Gasteiger partial charge in [0.1, 0.15) is 5.82 Å². The van der Waals surface area contributed by atoms with E-state index in [4.69, 9.17) is 4.74 Å². The van der Waals surface area contributed by atoms with Gasteiger partial charge in [-0.1, -0.05) is 0 Å². The number of benzene rings is 1. The van der Waals surface area contributed by atoms with Gasteiger partial charge in [0.05, 0.1) is 12.7 Å². The van der Waals surface area contributed by atoms with E-state index < -0.39 is 11.7 Å². The van der Waals surface area contributed by atoms with Crippen LogP contribution in [0.3, 0.4) is 0 Å². The fourth-order valence-electron chi connectivity index (χ4n) is 1.56. The van der Waals surface area contributed by atoms with Gasteiger partial charge in [-0.05, 0) is 34.1 Å². The fourth-order valence-corrected chi connectivity index (χ4v) is 1.98. The molecule has 0 bridgehead atoms. The number of carbonyl (C=O) groups is 1. The third-order valence-corrected chi connectivity index (χ3v) is 3.15. The van der Waals surface area contributed by atoms with Gasteiger partial charge < -0.3 is 10.1 Å². The lowest BCUT2D eigenvalue weighted by atomic mass is 10.2. The molecule has 5 nitrogen and oxygen atoms in total. The van der Waals surface area contributed by atoms with Crippen molar-refractivity contribution >= 4 is 27.7 Å². The van der Waals surface area contributed by atoms with Crippen molar-refractivity contribution in [2.45, 2.75) is 0 Å². The summed E-state index contributed by atoms with van der Waals surface area (Å²) in [5.74, 6) is -0.0896. The summed E-state index contributed by atoms with van der Waals surface area (Å²) in [5, 5.41) is 6.62. The zero-order valence-corrected chi connectivity index (χ0v) is 11.9. The van der Waals surface area contributed by atoms with Gasteiger partial charge in [0.25, 0.3) is 5.91 Å². The molecule has 2 aromatic rings. The number of methoxy groups -OCH3 is 1. The molecule has 0 radical (unpaired) electrons. The summed E-state index contributed by atoms with van der Waals surface area (Å²) in [5.41, 5.74) is 0.199. The number of carbonyl (C=O) groups excluding carboxylic acids is 1. The number of aromatic nitrogens is 2. The number of hydrogen-bond donors (Lipinski definition) is 1. The predicted molar refractivity (Wildman–Crippen MR) is 71.8 cm³/mol. The summed E-state index contributed by atoms with van der Waals surface area (Å²) in [6.45, 7) is 0. The van der Waals surface area contributed by atoms with Crippen molar-refractivity contribution in [3.05, 3.63) is 40.1 Å². The van der Waals surface area contributed by atoms with Crippen LogP contribution in [0.25, 0.3) is 0 Å². The number of nitrogens with zero attached hydrogens (tertiary/aromatic N) is 2. The first-order valence-corrected chi connectivity index (χ1v) is 6.15. The molecule has 0 saturated heterocycles. The second-order valence-electron chi connectivity index (χ2n) is 3.77. The van der Waals surface area contributed by atoms with E-state index in [2.05, 4.69) is 26.3 Å². The molecule has 0 spiro atoms. The van der Waals surface area contributed by atoms with Crippen LogP contribution >= 0.6 is 15.9 Å². The zero-order valence-electron chi connectivity index (χ0n) is 10.3. The predicted octanol–water partition coefficient (Wildman–Crippen LogP) is 2.58. The van der Waals surface area contributed by atoms with Crippen LogP contribution in [0.15, 0.2) is 28.7 Å². The van der Waals surface area contributed by atoms with Crippen LogP contribution in [-0.2, 0) is 7.05 Å². The summed E-state index contributed by atoms with van der Waals surface area (Å²) < 4.78 is 20.2. The highest BCUT2D eigenvalue weighted by atomic mass is 79.9. The number of halogens is 2. The summed E-state index contributed by atoms with van der Waals surface area (Å²) in [7, 11) is 3.19. The average molecular weight is 328 g/mol. The van der Waals surface area contributed by atoms with Crippen molar-refractivity contribution in [1.29, 1.82) is 0 Å². The first-order chi connectivity index (χ1) is 9.01. The number of amides is 1. The third kappa shape index (κ3) is 2.93. The zero-order chi connectivity index (χ0) is 14.0. The van der Waals surface area contributed by atoms with Crippen LogP contribution in [0.4, 0.5) is 10.2 Å². The first-order valence-electron chi connectivity index (χ1n) is 5.35. The van der Waals surface area contributed by atoms with Crippen LogP contribution in [0.2, 0.25) is 0 Å². The van der Waals surface area contributed by atoms with Gasteiger partial charge in [-0.3, -0.25) is 4.79 Å². The number of aryl methyl sites for hydroxylation is 1. The maximum Gasteiger partial charge on any atom is 0.258 e. The molecule has 0 atom stereocenters. The summed E-state index contributed by atoms with van der Waals surface area (Å²) >= 11 is 3.20. The Morgan fingerprint density at radius 1 is 1.47 bits per heavy atom. The molecule has 19 heavy (non-hydrogen) atoms. The van der Waals surface area contributed by atoms with Crippen molar-refractivity contribution in [3.8, 4) is 5.88 Å². The van der Waals surface area contributed by atoms with E-state index in [1.54, 1.807) is 13.1 Å². The van der Waals surface area contributed by atoms with E-state index in [0.29, 0.717) is 16.2 Å². The van der Waals surface area contributed by atoms with Gasteiger partial charge in [-0.15, -0.1) is 0 Å². The highest BCUT2D eigenvalue weighted by Gasteiger charge is 2.14. The fraction of sp³-hybridized carbons (Fsp3) is 0.167. The smallest absolute Gasteiger partial charge is 0.258 e. The normalized spacial score (nSPS) is 10.3. The monoisotopic (exact) mass is 327 g/mol. The Balaban J connectivity index is 2.22. The molecule has 1 heterocycles. The van der Waals surface area contributed by atoms with Crippen molar-refractivity contribution < 1.29 is 13.9 Å². The van der Waals surface area contributed by atoms with Crippen LogP contribution < -0.4 is 10.1 Å². The van der Waals surface area contributed by atoms with Gasteiger partial charge >= 0.3 is 0 Å². The number of rotatable bonds is 3. The summed E-state index contributed by atoms with van der Waals surface area (Å²) in [6, 6.07) is 5.47. The van der Waals surface area contributed by atoms with Crippen LogP contribution in [0.1, 0.15) is 10.4 Å². The van der Waals surface area contributed by atoms with Crippen molar-refractivity contribution in [2.75, 3.05) is 12.4 Å². The molecule has 7 heteroatoms. The number of hydrogen-bond acceptors (Lipinski definition) is 3. The summed E-state index contributed by atoms with van der Waals surface area (Å²) in [6.07, 6.45) is 0. The van der Waals surface area contributed by atoms with Crippen LogP contribution in [-0.4, -0.2) is 22.8 Å². The molecule has 0 aliphatic carbocycles. The minimum absolute atomic E-state index is 0.199. The molecule has 0 unspecified atom stereocenters. The maximum absolute atomic E-state index is 13.1. The highest BCUT2D eigenvalue weighted by molar-refractivity contribution is 9.10. The van der Waals surface area contributed by atoms with Gasteiger partial charge in [0.2, 0.25) is 5.88 Å². The second kappa shape index (κ2) is 5.40. The number of nitrogens with one attached hydrogen (secondary N) is 1. The Bertz CT molecular complexity index is 627. The van der Waals surface area contributed by atoms with E-state index in [1.165, 1.54) is 23.9 Å². The molecular formula is C12H11BrFN3O2. The SMILES string of the molecule is COc1cc(NC(=O)c2cc(F)ccc2Br)nn1C. The maximum atomic E-state index is 13.1. The molecule has 1 N–H and O–H groups in total. The van der Waals surface area contributed by atoms with E-state index in [-0.39, 0.29) is 5.56 Å². The van der Waals surface area contributed by atoms with E-state index >= 15 is 0 Å². The average Bonchev–Trinajstić information content (AvgIpc) is 2.72. The van der Waals surface area contributed by atoms with E-state index in [1.807, 2.05) is 0 Å². The van der Waals surface area contributed by atoms with Crippen molar-refractivity contribution in [1.82, 2.24) is 9.78 Å². The van der Waals surface area contributed by atoms with Crippen LogP contribution in [0.5, 0.6) is 5.88 Å². The number of anilines is 1. The van der Waals surface area contributed by atoms with Crippen LogP contribution in [0, 0.1) is 5.82 Å². The second-order valence-corrected chi connectivity index (χ2v) is 4.63. The third-order valence-electron chi connectivity index (χ3n) is 2.46. The van der Waals surface area contributed by atoms with Gasteiger partial charge in [0, 0.05) is 17.6 Å². The minimum Gasteiger partial charge on any atom is -0.481 e. The highest BCUT2D eigenvalue weighted by Crippen LogP contribution is 2.20. The van der Waals surface area contributed by atoms with E-state index in [9.17, 15) is 9.18 Å². The molecule has 2 rings (SSSR count). The van der Waals surface area contributed by atoms with Gasteiger partial charge in [0.15, 0.2) is 5.82 Å². The largest absolute Gasteiger partial charge is 0.481 e. The molecule has 1 aromatic heterocycles. The van der Waals surface area contributed by atoms with Crippen molar-refractivity contribution in [2.24, 2.45) is 7.05 Å². The quantitative estimate of drug-likeness (QED) is 0.942. The lowest BCUT2D eigenvalue weighted by Crippen LogP contribution is -2.13. The Kier molecular flexibility index (Phi) is 3.84. The Morgan fingerprint density at radius 3 is 2.84 bits per heavy atom. The molecule has 1 aromatic carbocycles. The molecular weight excluding hydrogens is 317 g/mol. The molecule has 0 aliphatic heterocycles. The lowest BCUT2D eigenvalue weighted by Gasteiger charge is -2.04. The number of ether oxygens (including phenoxy) is 1. The molecule has 0 fully saturated rings. The lowest BCUT2D eigenvalue weighted by molar-refractivity contribution is 0.102. The van der Waals surface area contributed by atoms with Gasteiger partial charge in [-0.2, -0.15) is 5.10 Å². The molecule has 0 saturated carbocycles. The molecule has 0 aliphatic rings. The first kappa shape index (κ1) is 13.5. The Morgan fingerprint density at radius 2 is 2.21 bits per heavy atom. The Labute approximate surface area is 117 Å². The van der Waals surface area contributed by atoms with Crippen molar-refractivity contribution in [3.63, 3.8) is 0 Å².